The summed E-state index contributed by atoms with van der Waals surface area (Å²) >= 11 is 6.61. The number of nitrogens with zero attached hydrogens (tertiary/aromatic N) is 2. The van der Waals surface area contributed by atoms with Gasteiger partial charge in [0.25, 0.3) is 0 Å². The lowest BCUT2D eigenvalue weighted by atomic mass is 10.0. The van der Waals surface area contributed by atoms with E-state index in [0.717, 1.165) is 48.3 Å². The molecule has 3 heterocycles. The van der Waals surface area contributed by atoms with E-state index in [2.05, 4.69) is 39.3 Å². The van der Waals surface area contributed by atoms with E-state index in [1.54, 1.807) is 6.20 Å². The number of piperidine rings is 1. The Hall–Kier alpha value is -2.15. The Kier molecular flexibility index (Phi) is 6.46. The predicted molar refractivity (Wildman–Crippen MR) is 119 cm³/mol. The molecule has 0 radical (unpaired) electrons. The molecule has 1 fully saturated rings. The van der Waals surface area contributed by atoms with Crippen molar-refractivity contribution in [2.24, 2.45) is 5.92 Å². The highest BCUT2D eigenvalue weighted by Crippen LogP contribution is 2.38. The maximum absolute atomic E-state index is 12.2. The second-order valence-electron chi connectivity index (χ2n) is 9.09. The Morgan fingerprint density at radius 3 is 2.90 bits per heavy atom. The number of aromatic nitrogens is 2. The van der Waals surface area contributed by atoms with E-state index in [1.165, 1.54) is 0 Å². The third-order valence-electron chi connectivity index (χ3n) is 4.79. The van der Waals surface area contributed by atoms with Crippen molar-refractivity contribution in [2.45, 2.75) is 59.1 Å². The predicted octanol–water partition coefficient (Wildman–Crippen LogP) is 4.78. The second kappa shape index (κ2) is 8.69. The van der Waals surface area contributed by atoms with Gasteiger partial charge in [-0.3, -0.25) is 0 Å². The molecule has 0 bridgehead atoms. The van der Waals surface area contributed by atoms with Crippen molar-refractivity contribution in [3.8, 4) is 0 Å². The molecular formula is C21H32ClN5O2. The van der Waals surface area contributed by atoms with Crippen LogP contribution < -0.4 is 15.5 Å². The Bertz CT molecular complexity index is 859. The quantitative estimate of drug-likeness (QED) is 0.647. The summed E-state index contributed by atoms with van der Waals surface area (Å²) in [5, 5.41) is 8.11. The first-order valence-electron chi connectivity index (χ1n) is 10.3. The highest BCUT2D eigenvalue weighted by Gasteiger charge is 2.27. The number of rotatable bonds is 5. The molecule has 7 nitrogen and oxygen atoms in total. The molecule has 0 aliphatic carbocycles. The van der Waals surface area contributed by atoms with Gasteiger partial charge in [0.2, 0.25) is 0 Å². The summed E-state index contributed by atoms with van der Waals surface area (Å²) in [7, 11) is 0. The minimum atomic E-state index is -0.513. The summed E-state index contributed by atoms with van der Waals surface area (Å²) in [6.45, 7) is 12.4. The molecular weight excluding hydrogens is 390 g/mol. The second-order valence-corrected chi connectivity index (χ2v) is 9.49. The van der Waals surface area contributed by atoms with Crippen LogP contribution in [0.15, 0.2) is 12.4 Å². The van der Waals surface area contributed by atoms with Crippen LogP contribution in [0.3, 0.4) is 0 Å². The number of pyridine rings is 1. The first kappa shape index (κ1) is 21.6. The molecule has 1 saturated heterocycles. The highest BCUT2D eigenvalue weighted by atomic mass is 35.5. The number of fused-ring (bicyclic) bond motifs is 1. The van der Waals surface area contributed by atoms with Gasteiger partial charge in [0.1, 0.15) is 11.2 Å². The molecule has 1 unspecified atom stereocenters. The molecule has 1 atom stereocenters. The molecule has 1 amide bonds. The van der Waals surface area contributed by atoms with E-state index in [9.17, 15) is 4.79 Å². The summed E-state index contributed by atoms with van der Waals surface area (Å²) in [6.07, 6.45) is 5.12. The zero-order valence-corrected chi connectivity index (χ0v) is 18.7. The lowest BCUT2D eigenvalue weighted by Gasteiger charge is -2.36. The normalized spacial score (nSPS) is 17.6. The molecule has 1 aliphatic rings. The topological polar surface area (TPSA) is 82.3 Å². The Balaban J connectivity index is 1.82. The molecule has 3 rings (SSSR count). The average Bonchev–Trinajstić information content (AvgIpc) is 3.01. The SMILES string of the molecule is CC(C)CNc1c[nH]c2ncc(Cl)c(N3CCCC(NC(=O)OC(C)(C)C)C3)c12. The summed E-state index contributed by atoms with van der Waals surface area (Å²) in [6, 6.07) is 0.00361. The van der Waals surface area contributed by atoms with Crippen molar-refractivity contribution in [3.05, 3.63) is 17.4 Å². The van der Waals surface area contributed by atoms with Gasteiger partial charge in [-0.05, 0) is 39.5 Å². The van der Waals surface area contributed by atoms with Crippen molar-refractivity contribution in [1.82, 2.24) is 15.3 Å². The Morgan fingerprint density at radius 2 is 2.21 bits per heavy atom. The number of anilines is 2. The zero-order chi connectivity index (χ0) is 21.2. The van der Waals surface area contributed by atoms with Crippen molar-refractivity contribution >= 4 is 40.1 Å². The summed E-state index contributed by atoms with van der Waals surface area (Å²) in [5.74, 6) is 0.521. The summed E-state index contributed by atoms with van der Waals surface area (Å²) in [4.78, 5) is 22.1. The fourth-order valence-corrected chi connectivity index (χ4v) is 3.85. The van der Waals surface area contributed by atoms with Crippen LogP contribution in [0.5, 0.6) is 0 Å². The third-order valence-corrected chi connectivity index (χ3v) is 5.07. The number of alkyl carbamates (subject to hydrolysis) is 1. The highest BCUT2D eigenvalue weighted by molar-refractivity contribution is 6.35. The van der Waals surface area contributed by atoms with E-state index < -0.39 is 5.60 Å². The van der Waals surface area contributed by atoms with E-state index in [4.69, 9.17) is 16.3 Å². The minimum Gasteiger partial charge on any atom is -0.444 e. The van der Waals surface area contributed by atoms with Gasteiger partial charge < -0.3 is 25.3 Å². The van der Waals surface area contributed by atoms with Gasteiger partial charge in [-0.1, -0.05) is 25.4 Å². The number of H-pyrrole nitrogens is 1. The average molecular weight is 422 g/mol. The van der Waals surface area contributed by atoms with Crippen LogP contribution >= 0.6 is 11.6 Å². The maximum atomic E-state index is 12.2. The summed E-state index contributed by atoms with van der Waals surface area (Å²) in [5.41, 5.74) is 2.25. The van der Waals surface area contributed by atoms with Crippen LogP contribution in [0.1, 0.15) is 47.5 Å². The first-order valence-corrected chi connectivity index (χ1v) is 10.7. The molecule has 3 N–H and O–H groups in total. The third kappa shape index (κ3) is 5.47. The molecule has 0 aromatic carbocycles. The molecule has 1 aliphatic heterocycles. The maximum Gasteiger partial charge on any atom is 0.407 e. The van der Waals surface area contributed by atoms with Crippen LogP contribution in [0.2, 0.25) is 5.02 Å². The van der Waals surface area contributed by atoms with Crippen molar-refractivity contribution in [1.29, 1.82) is 0 Å². The van der Waals surface area contributed by atoms with Crippen LogP contribution in [-0.2, 0) is 4.74 Å². The molecule has 160 valence electrons. The molecule has 2 aromatic rings. The summed E-state index contributed by atoms with van der Waals surface area (Å²) < 4.78 is 5.42. The Morgan fingerprint density at radius 1 is 1.45 bits per heavy atom. The number of hydrogen-bond donors (Lipinski definition) is 3. The largest absolute Gasteiger partial charge is 0.444 e. The molecule has 0 saturated carbocycles. The van der Waals surface area contributed by atoms with Gasteiger partial charge in [-0.2, -0.15) is 0 Å². The number of carbonyl (C=O) groups is 1. The smallest absolute Gasteiger partial charge is 0.407 e. The molecule has 8 heteroatoms. The van der Waals surface area contributed by atoms with Crippen molar-refractivity contribution < 1.29 is 9.53 Å². The van der Waals surface area contributed by atoms with E-state index in [-0.39, 0.29) is 12.1 Å². The number of carbonyl (C=O) groups excluding carboxylic acids is 1. The molecule has 0 spiro atoms. The zero-order valence-electron chi connectivity index (χ0n) is 17.9. The molecule has 2 aromatic heterocycles. The van der Waals surface area contributed by atoms with E-state index in [1.807, 2.05) is 27.0 Å². The van der Waals surface area contributed by atoms with Gasteiger partial charge in [-0.15, -0.1) is 0 Å². The fraction of sp³-hybridized carbons (Fsp3) is 0.619. The monoisotopic (exact) mass is 421 g/mol. The van der Waals surface area contributed by atoms with Crippen molar-refractivity contribution in [2.75, 3.05) is 29.9 Å². The van der Waals surface area contributed by atoms with Gasteiger partial charge in [0.05, 0.1) is 28.0 Å². The van der Waals surface area contributed by atoms with Gasteiger partial charge in [0.15, 0.2) is 0 Å². The minimum absolute atomic E-state index is 0.00361. The lowest BCUT2D eigenvalue weighted by molar-refractivity contribution is 0.0500. The van der Waals surface area contributed by atoms with Gasteiger partial charge >= 0.3 is 6.09 Å². The van der Waals surface area contributed by atoms with Crippen LogP contribution in [0.25, 0.3) is 11.0 Å². The van der Waals surface area contributed by atoms with Crippen molar-refractivity contribution in [3.63, 3.8) is 0 Å². The van der Waals surface area contributed by atoms with E-state index >= 15 is 0 Å². The van der Waals surface area contributed by atoms with Gasteiger partial charge in [-0.25, -0.2) is 9.78 Å². The number of amides is 1. The molecule has 29 heavy (non-hydrogen) atoms. The van der Waals surface area contributed by atoms with Crippen LogP contribution in [-0.4, -0.2) is 47.3 Å². The van der Waals surface area contributed by atoms with Crippen LogP contribution in [0, 0.1) is 5.92 Å². The first-order chi connectivity index (χ1) is 13.6. The fourth-order valence-electron chi connectivity index (χ4n) is 3.59. The standard InChI is InChI=1S/C21H32ClN5O2/c1-13(2)9-23-16-11-25-19-17(16)18(15(22)10-24-19)27-8-6-7-14(12-27)26-20(28)29-21(3,4)5/h10-11,13-14,23H,6-9,12H2,1-5H3,(H,24,25)(H,26,28). The van der Waals surface area contributed by atoms with E-state index in [0.29, 0.717) is 17.5 Å². The number of ether oxygens (including phenoxy) is 1. The Labute approximate surface area is 177 Å². The lowest BCUT2D eigenvalue weighted by Crippen LogP contribution is -2.49. The number of aromatic amines is 1. The van der Waals surface area contributed by atoms with Gasteiger partial charge in [0, 0.05) is 31.9 Å². The number of nitrogens with one attached hydrogen (secondary N) is 3. The number of halogens is 1. The van der Waals surface area contributed by atoms with Crippen LogP contribution in [0.4, 0.5) is 16.2 Å². The number of hydrogen-bond acceptors (Lipinski definition) is 5.